The van der Waals surface area contributed by atoms with E-state index in [1.54, 1.807) is 0 Å². The zero-order chi connectivity index (χ0) is 22.5. The summed E-state index contributed by atoms with van der Waals surface area (Å²) < 4.78 is 4.72. The van der Waals surface area contributed by atoms with Crippen LogP contribution in [0.3, 0.4) is 0 Å². The first-order valence-corrected chi connectivity index (χ1v) is 11.1. The van der Waals surface area contributed by atoms with Crippen molar-refractivity contribution >= 4 is 49.0 Å². The zero-order valence-corrected chi connectivity index (χ0v) is 19.5. The summed E-state index contributed by atoms with van der Waals surface area (Å²) in [7, 11) is 2.15. The molecule has 0 aliphatic rings. The third-order valence-electron chi connectivity index (χ3n) is 7.48. The van der Waals surface area contributed by atoms with Gasteiger partial charge in [0.25, 0.3) is 5.54 Å². The van der Waals surface area contributed by atoms with Crippen molar-refractivity contribution in [2.45, 2.75) is 40.2 Å². The quantitative estimate of drug-likeness (QED) is 0.120. The molecule has 0 bridgehead atoms. The van der Waals surface area contributed by atoms with Crippen LogP contribution in [0, 0.1) is 27.3 Å². The Kier molecular flexibility index (Phi) is 3.57. The third kappa shape index (κ3) is 2.17. The Morgan fingerprint density at radius 3 is 2.44 bits per heavy atom. The molecule has 3 nitrogen and oxygen atoms in total. The van der Waals surface area contributed by atoms with E-state index in [-0.39, 0.29) is 0 Å². The van der Waals surface area contributed by atoms with Crippen molar-refractivity contribution in [3.8, 4) is 0 Å². The molecule has 32 heavy (non-hydrogen) atoms. The van der Waals surface area contributed by atoms with Crippen LogP contribution in [0.25, 0.3) is 53.8 Å². The molecule has 0 spiro atoms. The predicted molar refractivity (Wildman–Crippen MR) is 134 cm³/mol. The second kappa shape index (κ2) is 5.99. The Morgan fingerprint density at radius 1 is 0.906 bits per heavy atom. The highest BCUT2D eigenvalue weighted by Gasteiger charge is 2.30. The zero-order valence-electron chi connectivity index (χ0n) is 19.5. The number of hydrogen-bond donors (Lipinski definition) is 0. The summed E-state index contributed by atoms with van der Waals surface area (Å²) >= 11 is 0. The van der Waals surface area contributed by atoms with Gasteiger partial charge in [0, 0.05) is 36.2 Å². The highest BCUT2D eigenvalue weighted by atomic mass is 15.0. The third-order valence-corrected chi connectivity index (χ3v) is 7.48. The summed E-state index contributed by atoms with van der Waals surface area (Å²) in [4.78, 5) is 3.95. The van der Waals surface area contributed by atoms with Crippen molar-refractivity contribution in [3.63, 3.8) is 0 Å². The van der Waals surface area contributed by atoms with Crippen LogP contribution in [-0.2, 0) is 12.6 Å². The second-order valence-corrected chi connectivity index (χ2v) is 9.80. The van der Waals surface area contributed by atoms with Crippen molar-refractivity contribution in [1.82, 2.24) is 4.40 Å². The fourth-order valence-electron chi connectivity index (χ4n) is 5.55. The Morgan fingerprint density at radius 2 is 1.69 bits per heavy atom. The van der Waals surface area contributed by atoms with Crippen molar-refractivity contribution in [2.24, 2.45) is 7.05 Å². The van der Waals surface area contributed by atoms with Gasteiger partial charge >= 0.3 is 0 Å². The topological polar surface area (TPSA) is 12.7 Å². The molecular weight excluding hydrogens is 390 g/mol. The Labute approximate surface area is 187 Å². The Bertz CT molecular complexity index is 1790. The predicted octanol–water partition coefficient (Wildman–Crippen LogP) is 6.89. The number of aryl methyl sites for hydroxylation is 4. The van der Waals surface area contributed by atoms with Gasteiger partial charge in [-0.05, 0) is 67.1 Å². The van der Waals surface area contributed by atoms with Crippen LogP contribution in [0.4, 0.5) is 0 Å². The van der Waals surface area contributed by atoms with Crippen molar-refractivity contribution in [2.75, 3.05) is 0 Å². The van der Waals surface area contributed by atoms with E-state index in [0.717, 1.165) is 5.56 Å². The number of aromatic nitrogens is 2. The molecule has 0 N–H and O–H groups in total. The van der Waals surface area contributed by atoms with Crippen LogP contribution in [0.5, 0.6) is 0 Å². The number of fused-ring (bicyclic) bond motifs is 5. The van der Waals surface area contributed by atoms with Crippen molar-refractivity contribution in [3.05, 3.63) is 82.3 Å². The Balaban J connectivity index is 2.08. The van der Waals surface area contributed by atoms with E-state index in [9.17, 15) is 0 Å². The van der Waals surface area contributed by atoms with Gasteiger partial charge in [0.15, 0.2) is 6.20 Å². The standard InChI is InChI=1S/C29H26N3/c1-16-9-8-10-22-24(16)21-13-17(2)18(3)25-27(21)32(22)23-15-20(29(4,5)30-6)14-19-11-12-31(7)28(25)26(19)23/h8-15H,1-5,7H3/q+1. The Hall–Kier alpha value is -3.64. The number of benzene rings is 3. The lowest BCUT2D eigenvalue weighted by Crippen LogP contribution is -2.29. The summed E-state index contributed by atoms with van der Waals surface area (Å²) in [6.07, 6.45) is 2.16. The van der Waals surface area contributed by atoms with Gasteiger partial charge < -0.3 is 9.25 Å². The van der Waals surface area contributed by atoms with Gasteiger partial charge in [0.1, 0.15) is 7.05 Å². The molecule has 0 saturated heterocycles. The molecule has 0 fully saturated rings. The van der Waals surface area contributed by atoms with Gasteiger partial charge in [-0.1, -0.05) is 12.1 Å². The number of hydrogen-bond acceptors (Lipinski definition) is 0. The van der Waals surface area contributed by atoms with Crippen LogP contribution >= 0.6 is 0 Å². The number of nitrogens with zero attached hydrogens (tertiary/aromatic N) is 3. The summed E-state index contributed by atoms with van der Waals surface area (Å²) in [6.45, 7) is 18.5. The summed E-state index contributed by atoms with van der Waals surface area (Å²) in [5.74, 6) is 0. The van der Waals surface area contributed by atoms with Crippen LogP contribution in [-0.4, -0.2) is 4.40 Å². The molecule has 6 aromatic rings. The SMILES string of the molecule is [C-]#[N+]C(C)(C)c1cc2cc[n+](C)c3c4c(C)c(C)cc5c6c(C)cccc6n(c(c1)c23)c54. The molecule has 0 amide bonds. The maximum atomic E-state index is 7.80. The monoisotopic (exact) mass is 416 g/mol. The van der Waals surface area contributed by atoms with Crippen LogP contribution in [0.1, 0.15) is 36.1 Å². The van der Waals surface area contributed by atoms with Crippen LogP contribution in [0.15, 0.2) is 48.7 Å². The van der Waals surface area contributed by atoms with E-state index >= 15 is 0 Å². The molecule has 0 aliphatic carbocycles. The molecule has 156 valence electrons. The first-order chi connectivity index (χ1) is 15.2. The lowest BCUT2D eigenvalue weighted by atomic mass is 9.90. The molecule has 0 unspecified atom stereocenters. The molecule has 3 aromatic carbocycles. The van der Waals surface area contributed by atoms with Crippen molar-refractivity contribution in [1.29, 1.82) is 0 Å². The van der Waals surface area contributed by atoms with E-state index in [1.807, 2.05) is 13.8 Å². The lowest BCUT2D eigenvalue weighted by Gasteiger charge is -2.17. The summed E-state index contributed by atoms with van der Waals surface area (Å²) in [6, 6.07) is 15.6. The van der Waals surface area contributed by atoms with Gasteiger partial charge in [-0.3, -0.25) is 0 Å². The minimum atomic E-state index is -0.579. The molecule has 6 rings (SSSR count). The highest BCUT2D eigenvalue weighted by Crippen LogP contribution is 2.43. The van der Waals surface area contributed by atoms with Gasteiger partial charge in [0.2, 0.25) is 5.52 Å². The van der Waals surface area contributed by atoms with E-state index < -0.39 is 5.54 Å². The molecule has 0 atom stereocenters. The fraction of sp³-hybridized carbons (Fsp3) is 0.241. The van der Waals surface area contributed by atoms with Gasteiger partial charge in [-0.25, -0.2) is 11.1 Å². The smallest absolute Gasteiger partial charge is 0.252 e. The average molecular weight is 417 g/mol. The molecule has 3 heteroatoms. The lowest BCUT2D eigenvalue weighted by molar-refractivity contribution is -0.643. The molecule has 0 radical (unpaired) electrons. The first-order valence-electron chi connectivity index (χ1n) is 11.1. The number of pyridine rings is 2. The first kappa shape index (κ1) is 19.1. The van der Waals surface area contributed by atoms with Crippen LogP contribution < -0.4 is 4.57 Å². The minimum absolute atomic E-state index is 0.579. The molecular formula is C29H26N3+. The van der Waals surface area contributed by atoms with E-state index in [2.05, 4.69) is 90.3 Å². The average Bonchev–Trinajstić information content (AvgIpc) is 3.10. The molecule has 3 aromatic heterocycles. The van der Waals surface area contributed by atoms with Gasteiger partial charge in [-0.15, -0.1) is 0 Å². The summed E-state index contributed by atoms with van der Waals surface area (Å²) in [5.41, 5.74) is 9.40. The molecule has 0 aliphatic heterocycles. The fourth-order valence-corrected chi connectivity index (χ4v) is 5.55. The van der Waals surface area contributed by atoms with E-state index in [4.69, 9.17) is 6.57 Å². The van der Waals surface area contributed by atoms with Gasteiger partial charge in [-0.2, -0.15) is 0 Å². The second-order valence-electron chi connectivity index (χ2n) is 9.80. The molecule has 3 heterocycles. The minimum Gasteiger partial charge on any atom is -0.307 e. The van der Waals surface area contributed by atoms with E-state index in [1.165, 1.54) is 65.7 Å². The maximum Gasteiger partial charge on any atom is 0.252 e. The number of rotatable bonds is 1. The van der Waals surface area contributed by atoms with Gasteiger partial charge in [0.05, 0.1) is 27.3 Å². The normalized spacial score (nSPS) is 12.7. The summed E-state index contributed by atoms with van der Waals surface area (Å²) in [5, 5.41) is 6.42. The van der Waals surface area contributed by atoms with Crippen molar-refractivity contribution < 1.29 is 4.57 Å². The highest BCUT2D eigenvalue weighted by molar-refractivity contribution is 6.26. The maximum absolute atomic E-state index is 7.80. The van der Waals surface area contributed by atoms with E-state index in [0.29, 0.717) is 0 Å². The van der Waals surface area contributed by atoms with Crippen LogP contribution in [0.2, 0.25) is 0 Å². The largest absolute Gasteiger partial charge is 0.307 e. The molecule has 0 saturated carbocycles.